The molecule has 6 nitrogen and oxygen atoms in total. The smallest absolute Gasteiger partial charge is 0.292 e. The summed E-state index contributed by atoms with van der Waals surface area (Å²) in [5.41, 5.74) is 4.39. The molecule has 2 aliphatic heterocycles. The summed E-state index contributed by atoms with van der Waals surface area (Å²) >= 11 is 0. The van der Waals surface area contributed by atoms with Crippen molar-refractivity contribution in [2.75, 3.05) is 47.8 Å². The Hall–Kier alpha value is -2.76. The number of nitrogens with one attached hydrogen (secondary N) is 1. The van der Waals surface area contributed by atoms with E-state index in [1.807, 2.05) is 24.3 Å². The fourth-order valence-corrected chi connectivity index (χ4v) is 3.69. The summed E-state index contributed by atoms with van der Waals surface area (Å²) in [5, 5.41) is 14.8. The zero-order chi connectivity index (χ0) is 16.5. The third-order valence-corrected chi connectivity index (χ3v) is 4.87. The minimum Gasteiger partial charge on any atom is -0.384 e. The van der Waals surface area contributed by atoms with Gasteiger partial charge in [-0.3, -0.25) is 10.1 Å². The van der Waals surface area contributed by atoms with E-state index in [2.05, 4.69) is 27.2 Å². The van der Waals surface area contributed by atoms with Gasteiger partial charge in [0.15, 0.2) is 0 Å². The second kappa shape index (κ2) is 6.03. The molecule has 0 spiro atoms. The molecule has 0 unspecified atom stereocenters. The van der Waals surface area contributed by atoms with E-state index in [0.29, 0.717) is 0 Å². The van der Waals surface area contributed by atoms with Crippen molar-refractivity contribution in [3.8, 4) is 0 Å². The maximum Gasteiger partial charge on any atom is 0.292 e. The number of anilines is 3. The molecule has 2 aromatic rings. The Labute approximate surface area is 140 Å². The van der Waals surface area contributed by atoms with Gasteiger partial charge in [-0.1, -0.05) is 18.2 Å². The molecule has 6 heteroatoms. The van der Waals surface area contributed by atoms with Crippen LogP contribution in [0.4, 0.5) is 22.7 Å². The Kier molecular flexibility index (Phi) is 3.72. The molecule has 0 bridgehead atoms. The van der Waals surface area contributed by atoms with Crippen LogP contribution in [0.5, 0.6) is 0 Å². The fraction of sp³-hybridized carbons (Fsp3) is 0.333. The van der Waals surface area contributed by atoms with Gasteiger partial charge in [-0.25, -0.2) is 0 Å². The standard InChI is InChI=1S/C18H20N4O2/c23-22(24)17-7-6-16-15(8-9-19-16)18(17)21-12-10-20(11-13-21)14-4-2-1-3-5-14/h1-7,19H,8-13H2. The van der Waals surface area contributed by atoms with Crippen molar-refractivity contribution in [2.24, 2.45) is 0 Å². The molecule has 0 radical (unpaired) electrons. The van der Waals surface area contributed by atoms with Gasteiger partial charge in [-0.05, 0) is 24.6 Å². The van der Waals surface area contributed by atoms with Gasteiger partial charge in [-0.15, -0.1) is 0 Å². The Balaban J connectivity index is 1.60. The van der Waals surface area contributed by atoms with Crippen molar-refractivity contribution in [1.82, 2.24) is 0 Å². The van der Waals surface area contributed by atoms with E-state index in [9.17, 15) is 10.1 Å². The van der Waals surface area contributed by atoms with Gasteiger partial charge in [-0.2, -0.15) is 0 Å². The number of piperazine rings is 1. The quantitative estimate of drug-likeness (QED) is 0.695. The number of nitro benzene ring substituents is 1. The molecule has 24 heavy (non-hydrogen) atoms. The van der Waals surface area contributed by atoms with Crippen molar-refractivity contribution in [3.63, 3.8) is 0 Å². The van der Waals surface area contributed by atoms with Gasteiger partial charge in [0.25, 0.3) is 5.69 Å². The minimum atomic E-state index is -0.252. The van der Waals surface area contributed by atoms with E-state index in [0.717, 1.165) is 56.1 Å². The van der Waals surface area contributed by atoms with Crippen LogP contribution >= 0.6 is 0 Å². The zero-order valence-corrected chi connectivity index (χ0v) is 13.4. The van der Waals surface area contributed by atoms with Crippen molar-refractivity contribution in [2.45, 2.75) is 6.42 Å². The van der Waals surface area contributed by atoms with Crippen LogP contribution in [0.1, 0.15) is 5.56 Å². The van der Waals surface area contributed by atoms with Crippen LogP contribution in [0.2, 0.25) is 0 Å². The maximum atomic E-state index is 11.5. The molecule has 1 fully saturated rings. The highest BCUT2D eigenvalue weighted by atomic mass is 16.6. The number of nitrogens with zero attached hydrogens (tertiary/aromatic N) is 3. The van der Waals surface area contributed by atoms with Crippen LogP contribution in [-0.4, -0.2) is 37.6 Å². The lowest BCUT2D eigenvalue weighted by atomic mass is 10.1. The molecule has 0 aliphatic carbocycles. The number of nitro groups is 1. The predicted molar refractivity (Wildman–Crippen MR) is 96.2 cm³/mol. The number of hydrogen-bond donors (Lipinski definition) is 1. The third kappa shape index (κ3) is 2.54. The molecule has 1 N–H and O–H groups in total. The second-order valence-electron chi connectivity index (χ2n) is 6.20. The Morgan fingerprint density at radius 1 is 0.958 bits per heavy atom. The number of rotatable bonds is 3. The van der Waals surface area contributed by atoms with Crippen LogP contribution in [0.3, 0.4) is 0 Å². The molecule has 2 aromatic carbocycles. The van der Waals surface area contributed by atoms with Crippen LogP contribution < -0.4 is 15.1 Å². The summed E-state index contributed by atoms with van der Waals surface area (Å²) in [4.78, 5) is 15.8. The Bertz CT molecular complexity index is 755. The van der Waals surface area contributed by atoms with Gasteiger partial charge < -0.3 is 15.1 Å². The highest BCUT2D eigenvalue weighted by molar-refractivity contribution is 5.78. The maximum absolute atomic E-state index is 11.5. The van der Waals surface area contributed by atoms with Crippen molar-refractivity contribution < 1.29 is 4.92 Å². The first-order valence-electron chi connectivity index (χ1n) is 8.33. The second-order valence-corrected chi connectivity index (χ2v) is 6.20. The topological polar surface area (TPSA) is 61.7 Å². The molecule has 1 saturated heterocycles. The van der Waals surface area contributed by atoms with Crippen LogP contribution in [0.15, 0.2) is 42.5 Å². The van der Waals surface area contributed by atoms with Gasteiger partial charge >= 0.3 is 0 Å². The van der Waals surface area contributed by atoms with E-state index in [-0.39, 0.29) is 10.6 Å². The van der Waals surface area contributed by atoms with Crippen LogP contribution in [0.25, 0.3) is 0 Å². The molecule has 124 valence electrons. The molecular weight excluding hydrogens is 304 g/mol. The lowest BCUT2D eigenvalue weighted by Crippen LogP contribution is -2.47. The average Bonchev–Trinajstić information content (AvgIpc) is 3.10. The summed E-state index contributed by atoms with van der Waals surface area (Å²) in [6.07, 6.45) is 0.852. The van der Waals surface area contributed by atoms with Gasteiger partial charge in [0, 0.05) is 55.7 Å². The summed E-state index contributed by atoms with van der Waals surface area (Å²) in [6, 6.07) is 13.8. The van der Waals surface area contributed by atoms with Gasteiger partial charge in [0.05, 0.1) is 4.92 Å². The van der Waals surface area contributed by atoms with E-state index < -0.39 is 0 Å². The lowest BCUT2D eigenvalue weighted by Gasteiger charge is -2.37. The molecule has 0 aromatic heterocycles. The SMILES string of the molecule is O=[N+]([O-])c1ccc2c(c1N1CCN(c3ccccc3)CC1)CCN2. The first-order chi connectivity index (χ1) is 11.7. The Morgan fingerprint density at radius 3 is 2.38 bits per heavy atom. The van der Waals surface area contributed by atoms with Crippen molar-refractivity contribution in [1.29, 1.82) is 0 Å². The summed E-state index contributed by atoms with van der Waals surface area (Å²) in [7, 11) is 0. The highest BCUT2D eigenvalue weighted by Gasteiger charge is 2.29. The number of para-hydroxylation sites is 1. The summed E-state index contributed by atoms with van der Waals surface area (Å²) in [5.74, 6) is 0. The molecule has 0 amide bonds. The van der Waals surface area contributed by atoms with E-state index in [1.54, 1.807) is 6.07 Å². The first-order valence-corrected chi connectivity index (χ1v) is 8.33. The van der Waals surface area contributed by atoms with E-state index in [4.69, 9.17) is 0 Å². The normalized spacial score (nSPS) is 16.7. The van der Waals surface area contributed by atoms with Crippen molar-refractivity contribution >= 4 is 22.7 Å². The molecule has 2 aliphatic rings. The average molecular weight is 324 g/mol. The number of fused-ring (bicyclic) bond motifs is 1. The number of benzene rings is 2. The molecule has 0 saturated carbocycles. The largest absolute Gasteiger partial charge is 0.384 e. The molecular formula is C18H20N4O2. The first kappa shape index (κ1) is 14.8. The van der Waals surface area contributed by atoms with E-state index in [1.165, 1.54) is 5.69 Å². The summed E-state index contributed by atoms with van der Waals surface area (Å²) < 4.78 is 0. The summed E-state index contributed by atoms with van der Waals surface area (Å²) in [6.45, 7) is 4.20. The van der Waals surface area contributed by atoms with E-state index >= 15 is 0 Å². The third-order valence-electron chi connectivity index (χ3n) is 4.87. The lowest BCUT2D eigenvalue weighted by molar-refractivity contribution is -0.384. The molecule has 0 atom stereocenters. The monoisotopic (exact) mass is 324 g/mol. The van der Waals surface area contributed by atoms with Crippen LogP contribution in [0, 0.1) is 10.1 Å². The number of hydrogen-bond acceptors (Lipinski definition) is 5. The molecule has 4 rings (SSSR count). The highest BCUT2D eigenvalue weighted by Crippen LogP contribution is 2.40. The predicted octanol–water partition coefficient (Wildman–Crippen LogP) is 2.89. The van der Waals surface area contributed by atoms with Crippen LogP contribution in [-0.2, 0) is 6.42 Å². The van der Waals surface area contributed by atoms with Gasteiger partial charge in [0.1, 0.15) is 5.69 Å². The Morgan fingerprint density at radius 2 is 1.67 bits per heavy atom. The molecule has 2 heterocycles. The minimum absolute atomic E-state index is 0.227. The zero-order valence-electron chi connectivity index (χ0n) is 13.4. The van der Waals surface area contributed by atoms with Gasteiger partial charge in [0.2, 0.25) is 0 Å². The fourth-order valence-electron chi connectivity index (χ4n) is 3.69. The van der Waals surface area contributed by atoms with Crippen molar-refractivity contribution in [3.05, 3.63) is 58.1 Å².